The fourth-order valence-corrected chi connectivity index (χ4v) is 5.41. The van der Waals surface area contributed by atoms with E-state index in [1.165, 1.54) is 60.9 Å². The van der Waals surface area contributed by atoms with E-state index in [1.807, 2.05) is 0 Å². The predicted octanol–water partition coefficient (Wildman–Crippen LogP) is 9.78. The summed E-state index contributed by atoms with van der Waals surface area (Å²) in [6.07, 6.45) is 0. The summed E-state index contributed by atoms with van der Waals surface area (Å²) < 4.78 is 2.38. The van der Waals surface area contributed by atoms with E-state index in [4.69, 9.17) is 0 Å². The van der Waals surface area contributed by atoms with Gasteiger partial charge in [-0.05, 0) is 75.8 Å². The zero-order valence-electron chi connectivity index (χ0n) is 20.4. The number of hydrogen-bond acceptors (Lipinski definition) is 0. The first-order valence-electron chi connectivity index (χ1n) is 12.7. The van der Waals surface area contributed by atoms with E-state index in [2.05, 4.69) is 156 Å². The molecule has 0 saturated heterocycles. The van der Waals surface area contributed by atoms with Crippen molar-refractivity contribution in [3.8, 4) is 39.1 Å². The number of para-hydroxylation sites is 2. The molecule has 0 saturated carbocycles. The summed E-state index contributed by atoms with van der Waals surface area (Å²) in [5.41, 5.74) is 10.9. The van der Waals surface area contributed by atoms with Gasteiger partial charge in [0, 0.05) is 16.5 Å². The van der Waals surface area contributed by atoms with Crippen molar-refractivity contribution in [3.63, 3.8) is 0 Å². The first-order chi connectivity index (χ1) is 18.3. The number of fused-ring (bicyclic) bond motifs is 3. The van der Waals surface area contributed by atoms with Gasteiger partial charge in [-0.2, -0.15) is 0 Å². The lowest BCUT2D eigenvalue weighted by molar-refractivity contribution is 1.18. The molecule has 174 valence electrons. The van der Waals surface area contributed by atoms with Crippen LogP contribution in [0.3, 0.4) is 0 Å². The smallest absolute Gasteiger partial charge is 0.0541 e. The van der Waals surface area contributed by atoms with Gasteiger partial charge >= 0.3 is 0 Å². The van der Waals surface area contributed by atoms with Gasteiger partial charge in [-0.1, -0.05) is 109 Å². The molecule has 0 fully saturated rings. The molecular formula is C36H25N. The molecule has 37 heavy (non-hydrogen) atoms. The number of hydrogen-bond donors (Lipinski definition) is 0. The summed E-state index contributed by atoms with van der Waals surface area (Å²) in [5, 5.41) is 2.56. The topological polar surface area (TPSA) is 4.93 Å². The van der Waals surface area contributed by atoms with E-state index in [1.54, 1.807) is 0 Å². The van der Waals surface area contributed by atoms with Gasteiger partial charge in [0.2, 0.25) is 0 Å². The lowest BCUT2D eigenvalue weighted by Crippen LogP contribution is -1.94. The summed E-state index contributed by atoms with van der Waals surface area (Å²) in [6.45, 7) is 0. The molecule has 1 nitrogen and oxygen atoms in total. The van der Waals surface area contributed by atoms with Crippen LogP contribution >= 0.6 is 0 Å². The molecule has 7 rings (SSSR count). The Labute approximate surface area is 216 Å². The molecule has 1 aromatic heterocycles. The van der Waals surface area contributed by atoms with Crippen LogP contribution in [0.1, 0.15) is 0 Å². The summed E-state index contributed by atoms with van der Waals surface area (Å²) in [6, 6.07) is 54.5. The Balaban J connectivity index is 1.44. The Kier molecular flexibility index (Phi) is 5.19. The minimum atomic E-state index is 1.17. The normalized spacial score (nSPS) is 11.2. The minimum Gasteiger partial charge on any atom is -0.309 e. The fourth-order valence-electron chi connectivity index (χ4n) is 5.41. The van der Waals surface area contributed by atoms with Crippen LogP contribution < -0.4 is 0 Å². The van der Waals surface area contributed by atoms with Gasteiger partial charge in [-0.15, -0.1) is 0 Å². The third kappa shape index (κ3) is 3.82. The van der Waals surface area contributed by atoms with Crippen LogP contribution in [0.15, 0.2) is 152 Å². The quantitative estimate of drug-likeness (QED) is 0.241. The summed E-state index contributed by atoms with van der Waals surface area (Å²) in [7, 11) is 0. The van der Waals surface area contributed by atoms with Gasteiger partial charge < -0.3 is 4.57 Å². The van der Waals surface area contributed by atoms with Gasteiger partial charge in [0.25, 0.3) is 0 Å². The average Bonchev–Trinajstić information content (AvgIpc) is 3.32. The van der Waals surface area contributed by atoms with Crippen LogP contribution in [0.25, 0.3) is 60.9 Å². The van der Waals surface area contributed by atoms with Crippen molar-refractivity contribution in [2.24, 2.45) is 0 Å². The van der Waals surface area contributed by atoms with Crippen LogP contribution in [-0.2, 0) is 0 Å². The second-order valence-corrected chi connectivity index (χ2v) is 9.45. The molecule has 0 unspecified atom stereocenters. The largest absolute Gasteiger partial charge is 0.309 e. The fraction of sp³-hybridized carbons (Fsp3) is 0. The van der Waals surface area contributed by atoms with Crippen molar-refractivity contribution >= 4 is 21.8 Å². The standard InChI is InChI=1S/C36H25N/c1-3-12-26(13-4-1)29-22-30(27-14-5-2-6-15-27)24-31(23-29)28-16-11-17-32(25-28)37-35-20-9-7-18-33(35)34-19-8-10-21-36(34)37/h1-25H. The summed E-state index contributed by atoms with van der Waals surface area (Å²) in [4.78, 5) is 0. The van der Waals surface area contributed by atoms with Crippen LogP contribution in [0.4, 0.5) is 0 Å². The Morgan fingerprint density at radius 1 is 0.297 bits per heavy atom. The molecule has 0 radical (unpaired) electrons. The van der Waals surface area contributed by atoms with Gasteiger partial charge in [-0.25, -0.2) is 0 Å². The second-order valence-electron chi connectivity index (χ2n) is 9.45. The first-order valence-corrected chi connectivity index (χ1v) is 12.7. The third-order valence-corrected chi connectivity index (χ3v) is 7.17. The van der Waals surface area contributed by atoms with Crippen LogP contribution in [0.2, 0.25) is 0 Å². The van der Waals surface area contributed by atoms with Crippen LogP contribution in [0, 0.1) is 0 Å². The van der Waals surface area contributed by atoms with Crippen molar-refractivity contribution < 1.29 is 0 Å². The molecule has 0 bridgehead atoms. The van der Waals surface area contributed by atoms with Crippen molar-refractivity contribution in [3.05, 3.63) is 152 Å². The Morgan fingerprint density at radius 3 is 1.27 bits per heavy atom. The van der Waals surface area contributed by atoms with Crippen molar-refractivity contribution in [2.75, 3.05) is 0 Å². The molecule has 0 amide bonds. The zero-order valence-corrected chi connectivity index (χ0v) is 20.4. The Hall–Kier alpha value is -4.88. The van der Waals surface area contributed by atoms with Crippen LogP contribution in [-0.4, -0.2) is 4.57 Å². The minimum absolute atomic E-state index is 1.17. The third-order valence-electron chi connectivity index (χ3n) is 7.17. The summed E-state index contributed by atoms with van der Waals surface area (Å²) in [5.74, 6) is 0. The lowest BCUT2D eigenvalue weighted by Gasteiger charge is -2.13. The molecule has 0 aliphatic carbocycles. The molecule has 0 spiro atoms. The van der Waals surface area contributed by atoms with E-state index < -0.39 is 0 Å². The second kappa shape index (κ2) is 8.96. The van der Waals surface area contributed by atoms with E-state index in [0.29, 0.717) is 0 Å². The molecule has 6 aromatic carbocycles. The summed E-state index contributed by atoms with van der Waals surface area (Å²) >= 11 is 0. The van der Waals surface area contributed by atoms with Gasteiger partial charge in [-0.3, -0.25) is 0 Å². The predicted molar refractivity (Wildman–Crippen MR) is 157 cm³/mol. The molecule has 0 aliphatic heterocycles. The molecule has 1 heterocycles. The van der Waals surface area contributed by atoms with E-state index in [9.17, 15) is 0 Å². The molecule has 0 atom stereocenters. The molecule has 0 aliphatic rings. The maximum atomic E-state index is 2.38. The van der Waals surface area contributed by atoms with Crippen molar-refractivity contribution in [2.45, 2.75) is 0 Å². The SMILES string of the molecule is c1ccc(-c2cc(-c3ccccc3)cc(-c3cccc(-n4c5ccccc5c5ccccc54)c3)c2)cc1. The van der Waals surface area contributed by atoms with E-state index >= 15 is 0 Å². The zero-order chi connectivity index (χ0) is 24.6. The maximum Gasteiger partial charge on any atom is 0.0541 e. The van der Waals surface area contributed by atoms with Crippen LogP contribution in [0.5, 0.6) is 0 Å². The molecule has 7 aromatic rings. The highest BCUT2D eigenvalue weighted by atomic mass is 15.0. The number of nitrogens with zero attached hydrogens (tertiary/aromatic N) is 1. The molecular weight excluding hydrogens is 446 g/mol. The number of rotatable bonds is 4. The lowest BCUT2D eigenvalue weighted by atomic mass is 9.93. The van der Waals surface area contributed by atoms with E-state index in [0.717, 1.165) is 0 Å². The molecule has 1 heteroatoms. The highest BCUT2D eigenvalue weighted by molar-refractivity contribution is 6.09. The van der Waals surface area contributed by atoms with Crippen molar-refractivity contribution in [1.29, 1.82) is 0 Å². The van der Waals surface area contributed by atoms with E-state index in [-0.39, 0.29) is 0 Å². The average molecular weight is 472 g/mol. The van der Waals surface area contributed by atoms with Gasteiger partial charge in [0.05, 0.1) is 11.0 Å². The highest BCUT2D eigenvalue weighted by Crippen LogP contribution is 2.36. The first kappa shape index (κ1) is 21.4. The van der Waals surface area contributed by atoms with Gasteiger partial charge in [0.1, 0.15) is 0 Å². The molecule has 0 N–H and O–H groups in total. The monoisotopic (exact) mass is 471 g/mol. The van der Waals surface area contributed by atoms with Gasteiger partial charge in [0.15, 0.2) is 0 Å². The number of benzene rings is 6. The number of aromatic nitrogens is 1. The van der Waals surface area contributed by atoms with Crippen molar-refractivity contribution in [1.82, 2.24) is 4.57 Å². The highest BCUT2D eigenvalue weighted by Gasteiger charge is 2.13. The maximum absolute atomic E-state index is 2.38. The Bertz CT molecular complexity index is 1750. The Morgan fingerprint density at radius 2 is 0.730 bits per heavy atom.